The predicted octanol–water partition coefficient (Wildman–Crippen LogP) is 5.49. The van der Waals surface area contributed by atoms with Crippen molar-refractivity contribution in [2.24, 2.45) is 0 Å². The van der Waals surface area contributed by atoms with E-state index in [1.54, 1.807) is 11.3 Å². The van der Waals surface area contributed by atoms with Crippen LogP contribution in [-0.2, 0) is 0 Å². The zero-order valence-electron chi connectivity index (χ0n) is 7.58. The Morgan fingerprint density at radius 3 is 2.73 bits per heavy atom. The van der Waals surface area contributed by atoms with E-state index in [1.165, 1.54) is 0 Å². The Labute approximate surface area is 111 Å². The van der Waals surface area contributed by atoms with Gasteiger partial charge in [0.25, 0.3) is 0 Å². The molecule has 0 spiro atoms. The van der Waals surface area contributed by atoms with Crippen molar-refractivity contribution < 1.29 is 0 Å². The van der Waals surface area contributed by atoms with Crippen LogP contribution in [0.2, 0.25) is 5.02 Å². The second-order valence-corrected chi connectivity index (χ2v) is 5.75. The first-order valence-corrected chi connectivity index (χ1v) is 6.79. The summed E-state index contributed by atoms with van der Waals surface area (Å²) in [4.78, 5) is 1.12. The van der Waals surface area contributed by atoms with Crippen LogP contribution >= 0.6 is 50.5 Å². The third kappa shape index (κ3) is 2.56. The molecule has 0 N–H and O–H groups in total. The van der Waals surface area contributed by atoms with Gasteiger partial charge in [0.15, 0.2) is 0 Å². The first-order chi connectivity index (χ1) is 7.18. The van der Waals surface area contributed by atoms with Gasteiger partial charge in [0.05, 0.1) is 5.38 Å². The predicted molar refractivity (Wildman–Crippen MR) is 71.2 cm³/mol. The molecule has 1 aromatic carbocycles. The van der Waals surface area contributed by atoms with E-state index in [0.717, 1.165) is 14.9 Å². The fourth-order valence-electron chi connectivity index (χ4n) is 1.30. The highest BCUT2D eigenvalue weighted by Crippen LogP contribution is 2.37. The molecule has 2 aromatic rings. The smallest absolute Gasteiger partial charge is 0.0939 e. The quantitative estimate of drug-likeness (QED) is 0.641. The minimum atomic E-state index is -0.141. The lowest BCUT2D eigenvalue weighted by atomic mass is 10.1. The summed E-state index contributed by atoms with van der Waals surface area (Å²) in [6.07, 6.45) is 0. The number of benzene rings is 1. The third-order valence-corrected chi connectivity index (χ3v) is 4.52. The second-order valence-electron chi connectivity index (χ2n) is 3.04. The van der Waals surface area contributed by atoms with Crippen LogP contribution in [0.5, 0.6) is 0 Å². The summed E-state index contributed by atoms with van der Waals surface area (Å²) < 4.78 is 0.986. The summed E-state index contributed by atoms with van der Waals surface area (Å²) in [6.45, 7) is 0. The van der Waals surface area contributed by atoms with E-state index < -0.39 is 0 Å². The van der Waals surface area contributed by atoms with E-state index >= 15 is 0 Å². The molecule has 78 valence electrons. The highest BCUT2D eigenvalue weighted by atomic mass is 79.9. The summed E-state index contributed by atoms with van der Waals surface area (Å²) >= 11 is 17.4. The van der Waals surface area contributed by atoms with Gasteiger partial charge in [-0.1, -0.05) is 33.6 Å². The van der Waals surface area contributed by atoms with Crippen molar-refractivity contribution in [2.75, 3.05) is 0 Å². The van der Waals surface area contributed by atoms with Crippen molar-refractivity contribution in [3.05, 3.63) is 55.6 Å². The van der Waals surface area contributed by atoms with Crippen molar-refractivity contribution in [3.8, 4) is 0 Å². The molecule has 0 nitrogen and oxygen atoms in total. The number of hydrogen-bond donors (Lipinski definition) is 0. The van der Waals surface area contributed by atoms with E-state index in [4.69, 9.17) is 23.2 Å². The first kappa shape index (κ1) is 11.5. The molecule has 0 saturated heterocycles. The van der Waals surface area contributed by atoms with Crippen LogP contribution in [0.3, 0.4) is 0 Å². The molecule has 2 rings (SSSR count). The molecule has 0 aliphatic carbocycles. The zero-order chi connectivity index (χ0) is 10.8. The fraction of sp³-hybridized carbons (Fsp3) is 0.0909. The molecule has 0 bridgehead atoms. The van der Waals surface area contributed by atoms with Crippen LogP contribution in [-0.4, -0.2) is 0 Å². The molecule has 1 heterocycles. The first-order valence-electron chi connectivity index (χ1n) is 4.31. The van der Waals surface area contributed by atoms with Gasteiger partial charge < -0.3 is 0 Å². The highest BCUT2D eigenvalue weighted by Gasteiger charge is 2.15. The lowest BCUT2D eigenvalue weighted by molar-refractivity contribution is 1.17. The second kappa shape index (κ2) is 4.88. The van der Waals surface area contributed by atoms with Crippen LogP contribution in [0, 0.1) is 0 Å². The summed E-state index contributed by atoms with van der Waals surface area (Å²) in [6, 6.07) is 9.67. The van der Waals surface area contributed by atoms with Gasteiger partial charge in [-0.2, -0.15) is 0 Å². The average molecular weight is 322 g/mol. The molecule has 4 heteroatoms. The Morgan fingerprint density at radius 1 is 1.27 bits per heavy atom. The van der Waals surface area contributed by atoms with Gasteiger partial charge in [-0.05, 0) is 35.2 Å². The average Bonchev–Trinajstić information content (AvgIpc) is 2.74. The molecule has 0 radical (unpaired) electrons. The van der Waals surface area contributed by atoms with Crippen LogP contribution in [0.15, 0.2) is 40.2 Å². The van der Waals surface area contributed by atoms with Crippen LogP contribution in [0.25, 0.3) is 0 Å². The lowest BCUT2D eigenvalue weighted by Crippen LogP contribution is -1.91. The Balaban J connectivity index is 2.41. The number of hydrogen-bond acceptors (Lipinski definition) is 1. The number of thiophene rings is 1. The normalized spacial score (nSPS) is 12.7. The largest absolute Gasteiger partial charge is 0.147 e. The Kier molecular flexibility index (Phi) is 3.73. The van der Waals surface area contributed by atoms with Crippen LogP contribution in [0.1, 0.15) is 15.8 Å². The number of halogens is 3. The van der Waals surface area contributed by atoms with Crippen molar-refractivity contribution in [1.29, 1.82) is 0 Å². The van der Waals surface area contributed by atoms with Gasteiger partial charge in [0, 0.05) is 14.4 Å². The van der Waals surface area contributed by atoms with Crippen molar-refractivity contribution in [1.82, 2.24) is 0 Å². The standard InChI is InChI=1S/C11H7BrCl2S/c12-9-4-3-7(13)6-8(9)11(14)10-2-1-5-15-10/h1-6,11H. The van der Waals surface area contributed by atoms with Crippen LogP contribution in [0.4, 0.5) is 0 Å². The molecule has 0 aliphatic heterocycles. The van der Waals surface area contributed by atoms with E-state index in [2.05, 4.69) is 15.9 Å². The molecular weight excluding hydrogens is 315 g/mol. The molecule has 0 fully saturated rings. The van der Waals surface area contributed by atoms with Crippen LogP contribution < -0.4 is 0 Å². The van der Waals surface area contributed by atoms with E-state index in [0.29, 0.717) is 5.02 Å². The molecule has 1 atom stereocenters. The fourth-order valence-corrected chi connectivity index (χ4v) is 3.21. The van der Waals surface area contributed by atoms with Crippen molar-refractivity contribution in [3.63, 3.8) is 0 Å². The van der Waals surface area contributed by atoms with Gasteiger partial charge in [-0.3, -0.25) is 0 Å². The molecule has 1 unspecified atom stereocenters. The van der Waals surface area contributed by atoms with Gasteiger partial charge in [0.2, 0.25) is 0 Å². The van der Waals surface area contributed by atoms with Crippen molar-refractivity contribution in [2.45, 2.75) is 5.38 Å². The molecule has 15 heavy (non-hydrogen) atoms. The molecule has 0 saturated carbocycles. The molecule has 1 aromatic heterocycles. The van der Waals surface area contributed by atoms with Gasteiger partial charge in [-0.25, -0.2) is 0 Å². The maximum absolute atomic E-state index is 6.37. The summed E-state index contributed by atoms with van der Waals surface area (Å²) in [5.41, 5.74) is 1.01. The van der Waals surface area contributed by atoms with Gasteiger partial charge >= 0.3 is 0 Å². The Bertz CT molecular complexity index is 454. The monoisotopic (exact) mass is 320 g/mol. The minimum absolute atomic E-state index is 0.141. The molecule has 0 amide bonds. The van der Waals surface area contributed by atoms with E-state index in [1.807, 2.05) is 35.7 Å². The number of alkyl halides is 1. The lowest BCUT2D eigenvalue weighted by Gasteiger charge is -2.10. The minimum Gasteiger partial charge on any atom is -0.147 e. The third-order valence-electron chi connectivity index (χ3n) is 2.02. The van der Waals surface area contributed by atoms with Gasteiger partial charge in [-0.15, -0.1) is 22.9 Å². The SMILES string of the molecule is Clc1ccc(Br)c(C(Cl)c2cccs2)c1. The Morgan fingerprint density at radius 2 is 2.07 bits per heavy atom. The van der Waals surface area contributed by atoms with Crippen molar-refractivity contribution >= 4 is 50.5 Å². The van der Waals surface area contributed by atoms with E-state index in [9.17, 15) is 0 Å². The number of rotatable bonds is 2. The maximum atomic E-state index is 6.37. The summed E-state index contributed by atoms with van der Waals surface area (Å²) in [5, 5.41) is 2.58. The summed E-state index contributed by atoms with van der Waals surface area (Å²) in [7, 11) is 0. The maximum Gasteiger partial charge on any atom is 0.0939 e. The molecule has 0 aliphatic rings. The summed E-state index contributed by atoms with van der Waals surface area (Å²) in [5.74, 6) is 0. The topological polar surface area (TPSA) is 0 Å². The Hall–Kier alpha value is -0.0200. The zero-order valence-corrected chi connectivity index (χ0v) is 11.5. The highest BCUT2D eigenvalue weighted by molar-refractivity contribution is 9.10. The van der Waals surface area contributed by atoms with E-state index in [-0.39, 0.29) is 5.38 Å². The van der Waals surface area contributed by atoms with Gasteiger partial charge in [0.1, 0.15) is 0 Å². The molecular formula is C11H7BrCl2S.